The first kappa shape index (κ1) is 18.0. The third-order valence-corrected chi connectivity index (χ3v) is 3.75. The zero-order valence-electron chi connectivity index (χ0n) is 11.9. The van der Waals surface area contributed by atoms with E-state index in [-0.39, 0.29) is 12.3 Å². The molecule has 0 fully saturated rings. The van der Waals surface area contributed by atoms with Crippen LogP contribution in [0.25, 0.3) is 0 Å². The van der Waals surface area contributed by atoms with E-state index in [1.54, 1.807) is 11.9 Å². The Hall–Kier alpha value is -1.04. The number of likely N-dealkylation sites (N-methyl/N-ethyl adjacent to an activating group) is 1. The molecule has 0 N–H and O–H groups in total. The first-order chi connectivity index (χ1) is 9.84. The number of benzene rings is 1. The molecule has 118 valence electrons. The summed E-state index contributed by atoms with van der Waals surface area (Å²) in [5.74, 6) is -0.0754. The summed E-state index contributed by atoms with van der Waals surface area (Å²) in [6.45, 7) is 0.673. The van der Waals surface area contributed by atoms with E-state index < -0.39 is 11.7 Å². The Labute approximate surface area is 131 Å². The largest absolute Gasteiger partial charge is 0.416 e. The average molecular weight is 366 g/mol. The maximum atomic E-state index is 12.4. The highest BCUT2D eigenvalue weighted by Crippen LogP contribution is 2.29. The Bertz CT molecular complexity index is 445. The highest BCUT2D eigenvalue weighted by Gasteiger charge is 2.29. The van der Waals surface area contributed by atoms with Crippen molar-refractivity contribution in [1.29, 1.82) is 0 Å². The molecule has 0 saturated carbocycles. The van der Waals surface area contributed by atoms with Crippen LogP contribution in [0.15, 0.2) is 24.3 Å². The number of nitrogens with zero attached hydrogens (tertiary/aromatic N) is 1. The SMILES string of the molecule is CN(CCCCCBr)C(=O)Cc1ccc(C(F)(F)F)cc1. The summed E-state index contributed by atoms with van der Waals surface area (Å²) in [4.78, 5) is 13.6. The van der Waals surface area contributed by atoms with Crippen LogP contribution in [0.5, 0.6) is 0 Å². The maximum Gasteiger partial charge on any atom is 0.416 e. The van der Waals surface area contributed by atoms with Crippen molar-refractivity contribution in [2.45, 2.75) is 31.9 Å². The Morgan fingerprint density at radius 3 is 2.29 bits per heavy atom. The standard InChI is InChI=1S/C15H19BrF3NO/c1-20(10-4-2-3-9-16)14(21)11-12-5-7-13(8-6-12)15(17,18)19/h5-8H,2-4,9-11H2,1H3. The van der Waals surface area contributed by atoms with Crippen molar-refractivity contribution in [3.8, 4) is 0 Å². The third-order valence-electron chi connectivity index (χ3n) is 3.19. The molecule has 0 saturated heterocycles. The van der Waals surface area contributed by atoms with Crippen LogP contribution in [-0.4, -0.2) is 29.7 Å². The highest BCUT2D eigenvalue weighted by molar-refractivity contribution is 9.09. The van der Waals surface area contributed by atoms with E-state index >= 15 is 0 Å². The van der Waals surface area contributed by atoms with Crippen molar-refractivity contribution in [3.05, 3.63) is 35.4 Å². The van der Waals surface area contributed by atoms with Crippen molar-refractivity contribution < 1.29 is 18.0 Å². The quantitative estimate of drug-likeness (QED) is 0.521. The fourth-order valence-electron chi connectivity index (χ4n) is 1.87. The Morgan fingerprint density at radius 1 is 1.14 bits per heavy atom. The summed E-state index contributed by atoms with van der Waals surface area (Å²) in [5.41, 5.74) is -0.0952. The lowest BCUT2D eigenvalue weighted by molar-refractivity contribution is -0.137. The molecule has 0 aliphatic heterocycles. The first-order valence-corrected chi connectivity index (χ1v) is 7.93. The van der Waals surface area contributed by atoms with Gasteiger partial charge in [-0.3, -0.25) is 4.79 Å². The molecule has 2 nitrogen and oxygen atoms in total. The number of unbranched alkanes of at least 4 members (excludes halogenated alkanes) is 2. The van der Waals surface area contributed by atoms with Crippen LogP contribution in [0.4, 0.5) is 13.2 Å². The Morgan fingerprint density at radius 2 is 1.76 bits per heavy atom. The second-order valence-electron chi connectivity index (χ2n) is 4.94. The van der Waals surface area contributed by atoms with Crippen LogP contribution in [0, 0.1) is 0 Å². The third kappa shape index (κ3) is 6.50. The number of rotatable bonds is 7. The number of alkyl halides is 4. The van der Waals surface area contributed by atoms with E-state index in [4.69, 9.17) is 0 Å². The summed E-state index contributed by atoms with van der Waals surface area (Å²) in [6, 6.07) is 4.75. The Balaban J connectivity index is 2.47. The van der Waals surface area contributed by atoms with Crippen LogP contribution < -0.4 is 0 Å². The van der Waals surface area contributed by atoms with E-state index in [0.717, 1.165) is 36.7 Å². The van der Waals surface area contributed by atoms with Crippen molar-refractivity contribution in [2.24, 2.45) is 0 Å². The van der Waals surface area contributed by atoms with E-state index in [0.29, 0.717) is 12.1 Å². The number of hydrogen-bond donors (Lipinski definition) is 0. The molecule has 21 heavy (non-hydrogen) atoms. The van der Waals surface area contributed by atoms with E-state index in [1.165, 1.54) is 12.1 Å². The molecule has 0 unspecified atom stereocenters. The summed E-state index contributed by atoms with van der Waals surface area (Å²) in [5, 5.41) is 0.955. The molecular formula is C15H19BrF3NO. The highest BCUT2D eigenvalue weighted by atomic mass is 79.9. The summed E-state index contributed by atoms with van der Waals surface area (Å²) >= 11 is 3.35. The molecule has 0 radical (unpaired) electrons. The molecule has 0 heterocycles. The molecule has 0 aliphatic rings. The molecular weight excluding hydrogens is 347 g/mol. The van der Waals surface area contributed by atoms with Crippen LogP contribution in [-0.2, 0) is 17.4 Å². The van der Waals surface area contributed by atoms with Crippen LogP contribution >= 0.6 is 15.9 Å². The van der Waals surface area contributed by atoms with Gasteiger partial charge >= 0.3 is 6.18 Å². The molecule has 0 atom stereocenters. The lowest BCUT2D eigenvalue weighted by atomic mass is 10.1. The summed E-state index contributed by atoms with van der Waals surface area (Å²) in [7, 11) is 1.72. The average Bonchev–Trinajstić information content (AvgIpc) is 2.43. The number of hydrogen-bond acceptors (Lipinski definition) is 1. The zero-order chi connectivity index (χ0) is 15.9. The van der Waals surface area contributed by atoms with Gasteiger partial charge in [-0.05, 0) is 30.5 Å². The fraction of sp³-hybridized carbons (Fsp3) is 0.533. The lowest BCUT2D eigenvalue weighted by Crippen LogP contribution is -2.29. The minimum absolute atomic E-state index is 0.0754. The van der Waals surface area contributed by atoms with Gasteiger partial charge in [0.25, 0.3) is 0 Å². The van der Waals surface area contributed by atoms with Gasteiger partial charge in [0.2, 0.25) is 5.91 Å². The van der Waals surface area contributed by atoms with Gasteiger partial charge in [-0.2, -0.15) is 13.2 Å². The van der Waals surface area contributed by atoms with Crippen LogP contribution in [0.3, 0.4) is 0 Å². The topological polar surface area (TPSA) is 20.3 Å². The normalized spacial score (nSPS) is 11.5. The van der Waals surface area contributed by atoms with Gasteiger partial charge in [-0.1, -0.05) is 34.5 Å². The molecule has 0 aromatic heterocycles. The number of halogens is 4. The summed E-state index contributed by atoms with van der Waals surface area (Å²) in [6.07, 6.45) is -1.16. The van der Waals surface area contributed by atoms with Gasteiger partial charge in [-0.25, -0.2) is 0 Å². The Kier molecular flexibility index (Phi) is 7.22. The van der Waals surface area contributed by atoms with Gasteiger partial charge in [0.05, 0.1) is 12.0 Å². The number of carbonyl (C=O) groups is 1. The minimum Gasteiger partial charge on any atom is -0.345 e. The minimum atomic E-state index is -4.34. The zero-order valence-corrected chi connectivity index (χ0v) is 13.5. The predicted molar refractivity (Wildman–Crippen MR) is 80.4 cm³/mol. The maximum absolute atomic E-state index is 12.4. The molecule has 1 aromatic rings. The van der Waals surface area contributed by atoms with Gasteiger partial charge in [0, 0.05) is 18.9 Å². The van der Waals surface area contributed by atoms with E-state index in [2.05, 4.69) is 15.9 Å². The molecule has 0 bridgehead atoms. The van der Waals surface area contributed by atoms with E-state index in [9.17, 15) is 18.0 Å². The molecule has 6 heteroatoms. The summed E-state index contributed by atoms with van der Waals surface area (Å²) < 4.78 is 37.3. The molecule has 1 aromatic carbocycles. The monoisotopic (exact) mass is 365 g/mol. The molecule has 0 spiro atoms. The smallest absolute Gasteiger partial charge is 0.345 e. The van der Waals surface area contributed by atoms with Crippen molar-refractivity contribution in [1.82, 2.24) is 4.90 Å². The second kappa shape index (κ2) is 8.41. The van der Waals surface area contributed by atoms with Crippen LogP contribution in [0.2, 0.25) is 0 Å². The lowest BCUT2D eigenvalue weighted by Gasteiger charge is -2.17. The van der Waals surface area contributed by atoms with E-state index in [1.807, 2.05) is 0 Å². The van der Waals surface area contributed by atoms with Gasteiger partial charge in [-0.15, -0.1) is 0 Å². The van der Waals surface area contributed by atoms with Gasteiger partial charge in [0.15, 0.2) is 0 Å². The molecule has 1 rings (SSSR count). The second-order valence-corrected chi connectivity index (χ2v) is 5.73. The van der Waals surface area contributed by atoms with Crippen molar-refractivity contribution in [3.63, 3.8) is 0 Å². The number of amides is 1. The molecule has 0 aliphatic carbocycles. The number of carbonyl (C=O) groups excluding carboxylic acids is 1. The van der Waals surface area contributed by atoms with Gasteiger partial charge < -0.3 is 4.90 Å². The van der Waals surface area contributed by atoms with Gasteiger partial charge in [0.1, 0.15) is 0 Å². The van der Waals surface area contributed by atoms with Crippen molar-refractivity contribution >= 4 is 21.8 Å². The fourth-order valence-corrected chi connectivity index (χ4v) is 2.26. The van der Waals surface area contributed by atoms with Crippen molar-refractivity contribution in [2.75, 3.05) is 18.9 Å². The molecule has 1 amide bonds. The first-order valence-electron chi connectivity index (χ1n) is 6.80. The van der Waals surface area contributed by atoms with Crippen LogP contribution in [0.1, 0.15) is 30.4 Å². The predicted octanol–water partition coefficient (Wildman–Crippen LogP) is 4.27.